The molecule has 31 heavy (non-hydrogen) atoms. The zero-order valence-corrected chi connectivity index (χ0v) is 18.5. The van der Waals surface area contributed by atoms with Crippen molar-refractivity contribution in [3.05, 3.63) is 52.3 Å². The lowest BCUT2D eigenvalue weighted by molar-refractivity contribution is -0.125. The first-order chi connectivity index (χ1) is 14.8. The molecule has 2 aromatic rings. The van der Waals surface area contributed by atoms with Crippen molar-refractivity contribution in [1.82, 2.24) is 10.6 Å². The smallest absolute Gasteiger partial charge is 0.329 e. The van der Waals surface area contributed by atoms with Gasteiger partial charge < -0.3 is 20.1 Å². The van der Waals surface area contributed by atoms with Gasteiger partial charge in [0, 0.05) is 11.0 Å². The van der Waals surface area contributed by atoms with Crippen LogP contribution in [0, 0.1) is 5.82 Å². The highest BCUT2D eigenvalue weighted by Gasteiger charge is 2.40. The van der Waals surface area contributed by atoms with Gasteiger partial charge in [0.25, 0.3) is 5.91 Å². The van der Waals surface area contributed by atoms with Gasteiger partial charge in [0.1, 0.15) is 11.9 Å². The van der Waals surface area contributed by atoms with Gasteiger partial charge in [0.05, 0.1) is 26.3 Å². The Hall–Kier alpha value is -3.14. The van der Waals surface area contributed by atoms with Crippen LogP contribution in [-0.2, 0) is 16.0 Å². The van der Waals surface area contributed by atoms with Gasteiger partial charge in [-0.3, -0.25) is 9.59 Å². The summed E-state index contributed by atoms with van der Waals surface area (Å²) in [6.07, 6.45) is 0.314. The van der Waals surface area contributed by atoms with Gasteiger partial charge in [-0.15, -0.1) is 0 Å². The van der Waals surface area contributed by atoms with Crippen molar-refractivity contribution in [2.45, 2.75) is 18.9 Å². The number of halogens is 2. The number of hydrogen-bond acceptors (Lipinski definition) is 5. The summed E-state index contributed by atoms with van der Waals surface area (Å²) in [5, 5.41) is 5.23. The lowest BCUT2D eigenvalue weighted by Crippen LogP contribution is -2.37. The molecule has 1 atom stereocenters. The zero-order valence-electron chi connectivity index (χ0n) is 16.9. The Kier molecular flexibility index (Phi) is 7.11. The number of ether oxygens (including phenoxy) is 2. The molecule has 0 unspecified atom stereocenters. The average Bonchev–Trinajstić information content (AvgIpc) is 3.02. The molecule has 4 amide bonds. The molecule has 2 aromatic carbocycles. The number of hydrogen-bond donors (Lipinski definition) is 2. The number of imide groups is 1. The van der Waals surface area contributed by atoms with Gasteiger partial charge in [-0.1, -0.05) is 15.9 Å². The van der Waals surface area contributed by atoms with E-state index in [1.807, 2.05) is 6.07 Å². The number of benzene rings is 2. The maximum Gasteiger partial charge on any atom is 0.329 e. The molecule has 1 saturated heterocycles. The number of nitrogens with zero attached hydrogens (tertiary/aromatic N) is 1. The molecule has 1 heterocycles. The average molecular weight is 494 g/mol. The molecule has 2 N–H and O–H groups in total. The molecular weight excluding hydrogens is 473 g/mol. The van der Waals surface area contributed by atoms with Crippen LogP contribution in [0.5, 0.6) is 11.5 Å². The maximum atomic E-state index is 13.1. The fourth-order valence-electron chi connectivity index (χ4n) is 3.19. The largest absolute Gasteiger partial charge is 0.493 e. The highest BCUT2D eigenvalue weighted by Crippen LogP contribution is 2.33. The van der Waals surface area contributed by atoms with Gasteiger partial charge in [-0.05, 0) is 48.4 Å². The molecule has 164 valence electrons. The predicted molar refractivity (Wildman–Crippen MR) is 115 cm³/mol. The van der Waals surface area contributed by atoms with Gasteiger partial charge in [0.2, 0.25) is 5.91 Å². The third-order valence-electron chi connectivity index (χ3n) is 4.76. The molecule has 8 nitrogen and oxygen atoms in total. The molecule has 1 aliphatic rings. The van der Waals surface area contributed by atoms with Crippen LogP contribution in [0.4, 0.5) is 14.9 Å². The van der Waals surface area contributed by atoms with E-state index in [2.05, 4.69) is 26.6 Å². The number of urea groups is 1. The van der Waals surface area contributed by atoms with E-state index < -0.39 is 23.8 Å². The number of rotatable bonds is 8. The summed E-state index contributed by atoms with van der Waals surface area (Å²) in [5.74, 6) is -0.256. The SMILES string of the molecule is COc1cc(Br)c(CCNC(=O)C[C@@H]2NC(=O)N(c3ccc(F)cc3)C2=O)cc1OC. The number of carbonyl (C=O) groups excluding carboxylic acids is 3. The van der Waals surface area contributed by atoms with E-state index >= 15 is 0 Å². The Labute approximate surface area is 186 Å². The van der Waals surface area contributed by atoms with Gasteiger partial charge >= 0.3 is 6.03 Å². The third kappa shape index (κ3) is 5.13. The normalized spacial score (nSPS) is 15.6. The fourth-order valence-corrected chi connectivity index (χ4v) is 3.71. The van der Waals surface area contributed by atoms with E-state index in [9.17, 15) is 18.8 Å². The minimum absolute atomic E-state index is 0.199. The fraction of sp³-hybridized carbons (Fsp3) is 0.286. The Morgan fingerprint density at radius 2 is 1.81 bits per heavy atom. The monoisotopic (exact) mass is 493 g/mol. The zero-order chi connectivity index (χ0) is 22.5. The van der Waals surface area contributed by atoms with Crippen molar-refractivity contribution >= 4 is 39.5 Å². The molecule has 0 aromatic heterocycles. The van der Waals surface area contributed by atoms with E-state index in [0.29, 0.717) is 24.5 Å². The number of methoxy groups -OCH3 is 2. The topological polar surface area (TPSA) is 97.0 Å². The predicted octanol–water partition coefficient (Wildman–Crippen LogP) is 2.78. The van der Waals surface area contributed by atoms with E-state index in [-0.39, 0.29) is 18.0 Å². The Bertz CT molecular complexity index is 999. The summed E-state index contributed by atoms with van der Waals surface area (Å²) in [6, 6.07) is 6.94. The van der Waals surface area contributed by atoms with Crippen LogP contribution in [0.3, 0.4) is 0 Å². The van der Waals surface area contributed by atoms with Crippen LogP contribution in [0.25, 0.3) is 0 Å². The van der Waals surface area contributed by atoms with Crippen LogP contribution in [0.2, 0.25) is 0 Å². The first kappa shape index (κ1) is 22.5. The standard InChI is InChI=1S/C21H21BrFN3O5/c1-30-17-9-12(15(22)10-18(17)31-2)7-8-24-19(27)11-16-20(28)26(21(29)25-16)14-5-3-13(23)4-6-14/h3-6,9-10,16H,7-8,11H2,1-2H3,(H,24,27)(H,25,29)/t16-/m0/s1. The quantitative estimate of drug-likeness (QED) is 0.551. The summed E-state index contributed by atoms with van der Waals surface area (Å²) < 4.78 is 24.4. The van der Waals surface area contributed by atoms with Crippen LogP contribution < -0.4 is 25.0 Å². The summed E-state index contributed by atoms with van der Waals surface area (Å²) in [5.41, 5.74) is 1.15. The molecule has 3 rings (SSSR count). The molecule has 1 aliphatic heterocycles. The van der Waals surface area contributed by atoms with Crippen LogP contribution in [-0.4, -0.2) is 44.7 Å². The minimum atomic E-state index is -0.981. The van der Waals surface area contributed by atoms with Crippen molar-refractivity contribution in [2.75, 3.05) is 25.7 Å². The molecule has 0 spiro atoms. The lowest BCUT2D eigenvalue weighted by atomic mass is 10.1. The molecular formula is C21H21BrFN3O5. The second kappa shape index (κ2) is 9.78. The van der Waals surface area contributed by atoms with E-state index in [4.69, 9.17) is 9.47 Å². The maximum absolute atomic E-state index is 13.1. The molecule has 1 fully saturated rings. The first-order valence-corrected chi connectivity index (χ1v) is 10.2. The summed E-state index contributed by atoms with van der Waals surface area (Å²) in [7, 11) is 3.09. The highest BCUT2D eigenvalue weighted by molar-refractivity contribution is 9.10. The van der Waals surface area contributed by atoms with Crippen LogP contribution in [0.1, 0.15) is 12.0 Å². The second-order valence-corrected chi connectivity index (χ2v) is 7.61. The first-order valence-electron chi connectivity index (χ1n) is 9.41. The Morgan fingerprint density at radius 3 is 2.45 bits per heavy atom. The van der Waals surface area contributed by atoms with Crippen LogP contribution >= 0.6 is 15.9 Å². The molecule has 0 radical (unpaired) electrons. The summed E-state index contributed by atoms with van der Waals surface area (Å²) in [4.78, 5) is 37.9. The number of anilines is 1. The Balaban J connectivity index is 1.55. The Morgan fingerprint density at radius 1 is 1.16 bits per heavy atom. The molecule has 0 saturated carbocycles. The van der Waals surface area contributed by atoms with Gasteiger partial charge in [-0.25, -0.2) is 14.1 Å². The summed E-state index contributed by atoms with van der Waals surface area (Å²) in [6.45, 7) is 0.323. The van der Waals surface area contributed by atoms with Crippen molar-refractivity contribution in [2.24, 2.45) is 0 Å². The molecule has 10 heteroatoms. The van der Waals surface area contributed by atoms with Crippen molar-refractivity contribution in [1.29, 1.82) is 0 Å². The number of nitrogens with one attached hydrogen (secondary N) is 2. The van der Waals surface area contributed by atoms with Crippen molar-refractivity contribution in [3.63, 3.8) is 0 Å². The summed E-state index contributed by atoms with van der Waals surface area (Å²) >= 11 is 3.47. The van der Waals surface area contributed by atoms with E-state index in [1.165, 1.54) is 12.1 Å². The van der Waals surface area contributed by atoms with E-state index in [1.54, 1.807) is 20.3 Å². The minimum Gasteiger partial charge on any atom is -0.493 e. The van der Waals surface area contributed by atoms with Crippen LogP contribution in [0.15, 0.2) is 40.9 Å². The third-order valence-corrected chi connectivity index (χ3v) is 5.50. The highest BCUT2D eigenvalue weighted by atomic mass is 79.9. The number of carbonyl (C=O) groups is 3. The second-order valence-electron chi connectivity index (χ2n) is 6.75. The lowest BCUT2D eigenvalue weighted by Gasteiger charge is -2.13. The van der Waals surface area contributed by atoms with Crippen molar-refractivity contribution < 1.29 is 28.2 Å². The van der Waals surface area contributed by atoms with Gasteiger partial charge in [0.15, 0.2) is 11.5 Å². The molecule has 0 aliphatic carbocycles. The van der Waals surface area contributed by atoms with E-state index in [0.717, 1.165) is 27.1 Å². The molecule has 0 bridgehead atoms. The van der Waals surface area contributed by atoms with Crippen molar-refractivity contribution in [3.8, 4) is 11.5 Å². The van der Waals surface area contributed by atoms with Gasteiger partial charge in [-0.2, -0.15) is 0 Å². The number of amides is 4.